The van der Waals surface area contributed by atoms with Gasteiger partial charge in [0.05, 0.1) is 0 Å². The molecule has 0 saturated carbocycles. The van der Waals surface area contributed by atoms with Crippen molar-refractivity contribution < 1.29 is 9.90 Å². The summed E-state index contributed by atoms with van der Waals surface area (Å²) in [5.41, 5.74) is 0. The molecule has 1 amide bonds. The Morgan fingerprint density at radius 2 is 2.41 bits per heavy atom. The predicted octanol–water partition coefficient (Wildman–Crippen LogP) is 0.798. The van der Waals surface area contributed by atoms with Gasteiger partial charge in [0.1, 0.15) is 0 Å². The minimum atomic E-state index is 0.0529. The largest absolute Gasteiger partial charge is 0.396 e. The summed E-state index contributed by atoms with van der Waals surface area (Å²) in [5, 5.41) is 15.7. The molecular formula is C12H21N3O2. The lowest BCUT2D eigenvalue weighted by atomic mass is 10.1. The van der Waals surface area contributed by atoms with Crippen LogP contribution in [0.15, 0.2) is 18.5 Å². The van der Waals surface area contributed by atoms with Gasteiger partial charge in [-0.2, -0.15) is 5.10 Å². The zero-order valence-corrected chi connectivity index (χ0v) is 10.3. The maximum absolute atomic E-state index is 11.5. The fourth-order valence-corrected chi connectivity index (χ4v) is 1.51. The Morgan fingerprint density at radius 1 is 1.59 bits per heavy atom. The van der Waals surface area contributed by atoms with Crippen LogP contribution in [0.25, 0.3) is 0 Å². The van der Waals surface area contributed by atoms with Crippen LogP contribution in [-0.2, 0) is 11.3 Å². The highest BCUT2D eigenvalue weighted by Gasteiger charge is 2.03. The summed E-state index contributed by atoms with van der Waals surface area (Å²) in [4.78, 5) is 11.5. The van der Waals surface area contributed by atoms with Gasteiger partial charge in [0.25, 0.3) is 0 Å². The zero-order valence-electron chi connectivity index (χ0n) is 10.3. The molecule has 2 N–H and O–H groups in total. The minimum Gasteiger partial charge on any atom is -0.396 e. The topological polar surface area (TPSA) is 67.2 Å². The quantitative estimate of drug-likeness (QED) is 0.659. The smallest absolute Gasteiger partial charge is 0.221 e. The maximum Gasteiger partial charge on any atom is 0.221 e. The number of nitrogens with zero attached hydrogens (tertiary/aromatic N) is 2. The highest BCUT2D eigenvalue weighted by molar-refractivity contribution is 5.75. The predicted molar refractivity (Wildman–Crippen MR) is 65.3 cm³/mol. The number of aliphatic hydroxyl groups excluding tert-OH is 1. The Labute approximate surface area is 102 Å². The molecule has 5 heteroatoms. The zero-order chi connectivity index (χ0) is 12.5. The number of nitrogens with one attached hydrogen (secondary N) is 1. The van der Waals surface area contributed by atoms with Crippen LogP contribution in [0.4, 0.5) is 0 Å². The average Bonchev–Trinajstić information content (AvgIpc) is 2.84. The van der Waals surface area contributed by atoms with Gasteiger partial charge in [-0.3, -0.25) is 9.48 Å². The molecule has 0 aliphatic rings. The van der Waals surface area contributed by atoms with Gasteiger partial charge in [-0.1, -0.05) is 6.92 Å². The van der Waals surface area contributed by atoms with Crippen molar-refractivity contribution in [2.24, 2.45) is 5.92 Å². The van der Waals surface area contributed by atoms with E-state index >= 15 is 0 Å². The molecule has 0 spiro atoms. The molecule has 0 aromatic carbocycles. The van der Waals surface area contributed by atoms with Crippen LogP contribution >= 0.6 is 0 Å². The van der Waals surface area contributed by atoms with E-state index in [0.29, 0.717) is 25.4 Å². The van der Waals surface area contributed by atoms with E-state index in [4.69, 9.17) is 5.11 Å². The molecule has 1 aromatic rings. The second-order valence-electron chi connectivity index (χ2n) is 4.30. The lowest BCUT2D eigenvalue weighted by Crippen LogP contribution is -2.25. The molecule has 0 fully saturated rings. The monoisotopic (exact) mass is 239 g/mol. The van der Waals surface area contributed by atoms with Crippen LogP contribution in [-0.4, -0.2) is 33.9 Å². The van der Waals surface area contributed by atoms with Crippen molar-refractivity contribution in [3.05, 3.63) is 18.5 Å². The van der Waals surface area contributed by atoms with Gasteiger partial charge in [-0.05, 0) is 24.8 Å². The molecule has 1 atom stereocenters. The number of carbonyl (C=O) groups excluding carboxylic acids is 1. The van der Waals surface area contributed by atoms with Gasteiger partial charge in [0, 0.05) is 38.5 Å². The van der Waals surface area contributed by atoms with Crippen molar-refractivity contribution in [3.63, 3.8) is 0 Å². The highest BCUT2D eigenvalue weighted by atomic mass is 16.3. The molecule has 1 rings (SSSR count). The van der Waals surface area contributed by atoms with Crippen LogP contribution in [0.1, 0.15) is 26.2 Å². The summed E-state index contributed by atoms with van der Waals surface area (Å²) in [5.74, 6) is 0.369. The van der Waals surface area contributed by atoms with E-state index in [1.807, 2.05) is 19.2 Å². The summed E-state index contributed by atoms with van der Waals surface area (Å²) < 4.78 is 1.74. The third-order valence-electron chi connectivity index (χ3n) is 2.63. The van der Waals surface area contributed by atoms with Gasteiger partial charge in [0.2, 0.25) is 5.91 Å². The first kappa shape index (κ1) is 13.7. The number of hydrogen-bond acceptors (Lipinski definition) is 3. The summed E-state index contributed by atoms with van der Waals surface area (Å²) in [6.07, 6.45) is 5.85. The maximum atomic E-state index is 11.5. The van der Waals surface area contributed by atoms with E-state index in [1.165, 1.54) is 0 Å². The molecule has 5 nitrogen and oxygen atoms in total. The summed E-state index contributed by atoms with van der Waals surface area (Å²) >= 11 is 0. The molecular weight excluding hydrogens is 218 g/mol. The third-order valence-corrected chi connectivity index (χ3v) is 2.63. The Bertz CT molecular complexity index is 312. The molecule has 96 valence electrons. The lowest BCUT2D eigenvalue weighted by Gasteiger charge is -2.08. The van der Waals surface area contributed by atoms with Gasteiger partial charge >= 0.3 is 0 Å². The van der Waals surface area contributed by atoms with E-state index in [2.05, 4.69) is 10.4 Å². The van der Waals surface area contributed by atoms with Crippen LogP contribution in [0, 0.1) is 5.92 Å². The minimum absolute atomic E-state index is 0.0529. The first-order chi connectivity index (χ1) is 8.22. The number of amides is 1. The van der Waals surface area contributed by atoms with Gasteiger partial charge in [-0.25, -0.2) is 0 Å². The second-order valence-corrected chi connectivity index (χ2v) is 4.30. The number of aryl methyl sites for hydroxylation is 1. The van der Waals surface area contributed by atoms with Gasteiger partial charge in [-0.15, -0.1) is 0 Å². The fraction of sp³-hybridized carbons (Fsp3) is 0.667. The van der Waals surface area contributed by atoms with E-state index < -0.39 is 0 Å². The molecule has 0 aliphatic carbocycles. The van der Waals surface area contributed by atoms with Crippen molar-refractivity contribution in [2.45, 2.75) is 32.7 Å². The van der Waals surface area contributed by atoms with Crippen molar-refractivity contribution in [3.8, 4) is 0 Å². The number of aliphatic hydroxyl groups is 1. The van der Waals surface area contributed by atoms with Crippen molar-refractivity contribution in [1.29, 1.82) is 0 Å². The van der Waals surface area contributed by atoms with Crippen LogP contribution in [0.3, 0.4) is 0 Å². The van der Waals surface area contributed by atoms with Crippen molar-refractivity contribution in [2.75, 3.05) is 13.2 Å². The standard InChI is InChI=1S/C12H21N3O2/c1-11(10-16)4-2-6-13-12(17)5-9-15-8-3-7-14-15/h3,7-8,11,16H,2,4-6,9-10H2,1H3,(H,13,17). The van der Waals surface area contributed by atoms with Gasteiger partial charge in [0.15, 0.2) is 0 Å². The molecule has 1 aromatic heterocycles. The third kappa shape index (κ3) is 6.06. The number of rotatable bonds is 8. The number of hydrogen-bond donors (Lipinski definition) is 2. The van der Waals surface area contributed by atoms with E-state index in [1.54, 1.807) is 10.9 Å². The van der Waals surface area contributed by atoms with E-state index in [0.717, 1.165) is 12.8 Å². The summed E-state index contributed by atoms with van der Waals surface area (Å²) in [6.45, 7) is 3.51. The lowest BCUT2D eigenvalue weighted by molar-refractivity contribution is -0.121. The average molecular weight is 239 g/mol. The Morgan fingerprint density at radius 3 is 3.06 bits per heavy atom. The van der Waals surface area contributed by atoms with E-state index in [-0.39, 0.29) is 12.5 Å². The normalized spacial score (nSPS) is 12.4. The summed E-state index contributed by atoms with van der Waals surface area (Å²) in [7, 11) is 0. The first-order valence-corrected chi connectivity index (χ1v) is 6.07. The first-order valence-electron chi connectivity index (χ1n) is 6.07. The fourth-order valence-electron chi connectivity index (χ4n) is 1.51. The molecule has 1 heterocycles. The molecule has 17 heavy (non-hydrogen) atoms. The Balaban J connectivity index is 2.02. The number of carbonyl (C=O) groups is 1. The van der Waals surface area contributed by atoms with E-state index in [9.17, 15) is 4.79 Å². The second kappa shape index (κ2) is 7.84. The molecule has 0 aliphatic heterocycles. The van der Waals surface area contributed by atoms with Crippen LogP contribution < -0.4 is 5.32 Å². The molecule has 1 unspecified atom stereocenters. The van der Waals surface area contributed by atoms with Crippen molar-refractivity contribution >= 4 is 5.91 Å². The van der Waals surface area contributed by atoms with Gasteiger partial charge < -0.3 is 10.4 Å². The molecule has 0 saturated heterocycles. The SMILES string of the molecule is CC(CO)CCCNC(=O)CCn1cccn1. The molecule has 0 bridgehead atoms. The highest BCUT2D eigenvalue weighted by Crippen LogP contribution is 2.02. The Kier molecular flexibility index (Phi) is 6.32. The number of aromatic nitrogens is 2. The van der Waals surface area contributed by atoms with Crippen LogP contribution in [0.5, 0.6) is 0 Å². The Hall–Kier alpha value is -1.36. The molecule has 0 radical (unpaired) electrons. The van der Waals surface area contributed by atoms with Crippen LogP contribution in [0.2, 0.25) is 0 Å². The van der Waals surface area contributed by atoms with Crippen molar-refractivity contribution in [1.82, 2.24) is 15.1 Å². The summed E-state index contributed by atoms with van der Waals surface area (Å²) in [6, 6.07) is 1.84.